The number of phenols is 1. The van der Waals surface area contributed by atoms with Crippen molar-refractivity contribution in [3.63, 3.8) is 0 Å². The van der Waals surface area contributed by atoms with Crippen LogP contribution in [-0.2, 0) is 0 Å². The number of aromatic nitrogens is 2. The van der Waals surface area contributed by atoms with Crippen molar-refractivity contribution in [2.45, 2.75) is 13.8 Å². The standard InChI is InChI=1S/C16H13ClN2O/c1-9-4-3-5-12(10(9)2)16-18-14-7-6-11(20)8-13(14)15(17)19-16/h3-8,20H,1-2H3. The summed E-state index contributed by atoms with van der Waals surface area (Å²) in [5.41, 5.74) is 4.02. The zero-order valence-electron chi connectivity index (χ0n) is 11.2. The highest BCUT2D eigenvalue weighted by Gasteiger charge is 2.11. The van der Waals surface area contributed by atoms with E-state index in [1.807, 2.05) is 19.1 Å². The van der Waals surface area contributed by atoms with Crippen molar-refractivity contribution in [2.24, 2.45) is 0 Å². The molecule has 0 aliphatic rings. The van der Waals surface area contributed by atoms with Gasteiger partial charge in [0.15, 0.2) is 5.82 Å². The minimum Gasteiger partial charge on any atom is -0.508 e. The normalized spacial score (nSPS) is 10.9. The number of halogens is 1. The fraction of sp³-hybridized carbons (Fsp3) is 0.125. The van der Waals surface area contributed by atoms with E-state index < -0.39 is 0 Å². The Balaban J connectivity index is 2.28. The number of rotatable bonds is 1. The molecule has 0 spiro atoms. The minimum atomic E-state index is 0.155. The number of aromatic hydroxyl groups is 1. The highest BCUT2D eigenvalue weighted by molar-refractivity contribution is 6.34. The molecule has 0 radical (unpaired) electrons. The van der Waals surface area contributed by atoms with Crippen molar-refractivity contribution in [2.75, 3.05) is 0 Å². The number of hydrogen-bond donors (Lipinski definition) is 1. The van der Waals surface area contributed by atoms with Crippen molar-refractivity contribution >= 4 is 22.5 Å². The number of nitrogens with zero attached hydrogens (tertiary/aromatic N) is 2. The van der Waals surface area contributed by atoms with Crippen LogP contribution >= 0.6 is 11.6 Å². The Labute approximate surface area is 121 Å². The summed E-state index contributed by atoms with van der Waals surface area (Å²) in [5.74, 6) is 0.761. The van der Waals surface area contributed by atoms with E-state index in [0.29, 0.717) is 16.4 Å². The van der Waals surface area contributed by atoms with E-state index in [9.17, 15) is 5.11 Å². The first-order valence-corrected chi connectivity index (χ1v) is 6.67. The number of phenolic OH excluding ortho intramolecular Hbond substituents is 1. The maximum Gasteiger partial charge on any atom is 0.161 e. The van der Waals surface area contributed by atoms with Gasteiger partial charge in [-0.15, -0.1) is 0 Å². The summed E-state index contributed by atoms with van der Waals surface area (Å²) in [6.45, 7) is 4.10. The highest BCUT2D eigenvalue weighted by atomic mass is 35.5. The number of aryl methyl sites for hydroxylation is 1. The second-order valence-corrected chi connectivity index (χ2v) is 5.14. The van der Waals surface area contributed by atoms with Crippen LogP contribution in [0.25, 0.3) is 22.3 Å². The van der Waals surface area contributed by atoms with E-state index in [0.717, 1.165) is 16.6 Å². The van der Waals surface area contributed by atoms with E-state index in [-0.39, 0.29) is 5.75 Å². The molecular formula is C16H13ClN2O. The molecule has 0 saturated heterocycles. The van der Waals surface area contributed by atoms with Crippen molar-refractivity contribution in [1.82, 2.24) is 9.97 Å². The van der Waals surface area contributed by atoms with E-state index in [2.05, 4.69) is 23.0 Å². The van der Waals surface area contributed by atoms with Crippen LogP contribution in [0.2, 0.25) is 5.15 Å². The zero-order chi connectivity index (χ0) is 14.3. The molecule has 0 fully saturated rings. The Hall–Kier alpha value is -2.13. The predicted octanol–water partition coefficient (Wildman–Crippen LogP) is 4.27. The summed E-state index contributed by atoms with van der Waals surface area (Å²) in [4.78, 5) is 8.90. The highest BCUT2D eigenvalue weighted by Crippen LogP contribution is 2.29. The molecule has 0 unspecified atom stereocenters. The summed E-state index contributed by atoms with van der Waals surface area (Å²) in [7, 11) is 0. The quantitative estimate of drug-likeness (QED) is 0.679. The van der Waals surface area contributed by atoms with Crippen LogP contribution in [0.1, 0.15) is 11.1 Å². The van der Waals surface area contributed by atoms with Gasteiger partial charge in [-0.1, -0.05) is 29.8 Å². The summed E-state index contributed by atoms with van der Waals surface area (Å²) < 4.78 is 0. The van der Waals surface area contributed by atoms with Gasteiger partial charge in [-0.25, -0.2) is 9.97 Å². The molecule has 0 saturated carbocycles. The Kier molecular flexibility index (Phi) is 3.07. The summed E-state index contributed by atoms with van der Waals surface area (Å²) in [6, 6.07) is 10.9. The van der Waals surface area contributed by atoms with Crippen LogP contribution in [0, 0.1) is 13.8 Å². The lowest BCUT2D eigenvalue weighted by Crippen LogP contribution is -1.95. The van der Waals surface area contributed by atoms with Crippen LogP contribution in [0.5, 0.6) is 5.75 Å². The summed E-state index contributed by atoms with van der Waals surface area (Å²) >= 11 is 6.21. The zero-order valence-corrected chi connectivity index (χ0v) is 11.9. The van der Waals surface area contributed by atoms with Gasteiger partial charge in [-0.3, -0.25) is 0 Å². The Morgan fingerprint density at radius 3 is 2.65 bits per heavy atom. The van der Waals surface area contributed by atoms with Crippen molar-refractivity contribution in [3.8, 4) is 17.1 Å². The monoisotopic (exact) mass is 284 g/mol. The van der Waals surface area contributed by atoms with Crippen molar-refractivity contribution in [3.05, 3.63) is 52.7 Å². The third-order valence-corrected chi connectivity index (χ3v) is 3.77. The van der Waals surface area contributed by atoms with Crippen LogP contribution in [0.15, 0.2) is 36.4 Å². The molecule has 0 aliphatic heterocycles. The molecule has 1 N–H and O–H groups in total. The molecule has 0 amide bonds. The van der Waals surface area contributed by atoms with E-state index in [1.165, 1.54) is 5.56 Å². The van der Waals surface area contributed by atoms with E-state index in [4.69, 9.17) is 11.6 Å². The molecule has 20 heavy (non-hydrogen) atoms. The molecule has 3 nitrogen and oxygen atoms in total. The molecule has 0 atom stereocenters. The third-order valence-electron chi connectivity index (χ3n) is 3.48. The van der Waals surface area contributed by atoms with Gasteiger partial charge in [0.05, 0.1) is 5.52 Å². The smallest absolute Gasteiger partial charge is 0.161 e. The summed E-state index contributed by atoms with van der Waals surface area (Å²) in [6.07, 6.45) is 0. The summed E-state index contributed by atoms with van der Waals surface area (Å²) in [5, 5.41) is 10.5. The lowest BCUT2D eigenvalue weighted by Gasteiger charge is -2.09. The first kappa shape index (κ1) is 12.9. The molecule has 4 heteroatoms. The van der Waals surface area contributed by atoms with Gasteiger partial charge in [0.1, 0.15) is 10.9 Å². The second-order valence-electron chi connectivity index (χ2n) is 4.79. The Morgan fingerprint density at radius 1 is 1.05 bits per heavy atom. The molecule has 100 valence electrons. The Bertz CT molecular complexity index is 815. The van der Waals surface area contributed by atoms with E-state index >= 15 is 0 Å². The molecule has 1 heterocycles. The van der Waals surface area contributed by atoms with Gasteiger partial charge in [0.25, 0.3) is 0 Å². The average Bonchev–Trinajstić information content (AvgIpc) is 2.42. The van der Waals surface area contributed by atoms with Crippen molar-refractivity contribution < 1.29 is 5.11 Å². The van der Waals surface area contributed by atoms with Gasteiger partial charge in [0.2, 0.25) is 0 Å². The number of benzene rings is 2. The van der Waals surface area contributed by atoms with Crippen LogP contribution < -0.4 is 0 Å². The van der Waals surface area contributed by atoms with Crippen molar-refractivity contribution in [1.29, 1.82) is 0 Å². The number of hydrogen-bond acceptors (Lipinski definition) is 3. The Morgan fingerprint density at radius 2 is 1.85 bits per heavy atom. The van der Waals surface area contributed by atoms with Gasteiger partial charge in [-0.05, 0) is 43.2 Å². The SMILES string of the molecule is Cc1cccc(-c2nc(Cl)c3cc(O)ccc3n2)c1C. The topological polar surface area (TPSA) is 46.0 Å². The molecule has 3 aromatic rings. The lowest BCUT2D eigenvalue weighted by molar-refractivity contribution is 0.476. The first-order chi connectivity index (χ1) is 9.56. The predicted molar refractivity (Wildman–Crippen MR) is 81.1 cm³/mol. The largest absolute Gasteiger partial charge is 0.508 e. The van der Waals surface area contributed by atoms with Gasteiger partial charge in [-0.2, -0.15) is 0 Å². The lowest BCUT2D eigenvalue weighted by atomic mass is 10.0. The van der Waals surface area contributed by atoms with Crippen LogP contribution in [0.3, 0.4) is 0 Å². The molecule has 2 aromatic carbocycles. The maximum atomic E-state index is 9.51. The average molecular weight is 285 g/mol. The fourth-order valence-corrected chi connectivity index (χ4v) is 2.42. The minimum absolute atomic E-state index is 0.155. The molecule has 0 aliphatic carbocycles. The van der Waals surface area contributed by atoms with Crippen LogP contribution in [0.4, 0.5) is 0 Å². The van der Waals surface area contributed by atoms with Gasteiger partial charge < -0.3 is 5.11 Å². The third kappa shape index (κ3) is 2.10. The van der Waals surface area contributed by atoms with E-state index in [1.54, 1.807) is 18.2 Å². The maximum absolute atomic E-state index is 9.51. The molecule has 0 bridgehead atoms. The second kappa shape index (κ2) is 4.76. The first-order valence-electron chi connectivity index (χ1n) is 6.29. The van der Waals surface area contributed by atoms with Gasteiger partial charge >= 0.3 is 0 Å². The molecular weight excluding hydrogens is 272 g/mol. The molecule has 1 aromatic heterocycles. The fourth-order valence-electron chi connectivity index (χ4n) is 2.19. The molecule has 3 rings (SSSR count). The van der Waals surface area contributed by atoms with Gasteiger partial charge in [0, 0.05) is 10.9 Å². The van der Waals surface area contributed by atoms with Crippen LogP contribution in [-0.4, -0.2) is 15.1 Å². The number of fused-ring (bicyclic) bond motifs is 1.